The fraction of sp³-hybridized carbons (Fsp3) is 0.667. The molecular weight excluding hydrogens is 284 g/mol. The molecule has 1 aromatic heterocycles. The Morgan fingerprint density at radius 2 is 2.05 bits per heavy atom. The van der Waals surface area contributed by atoms with Crippen LogP contribution in [0.4, 0.5) is 0 Å². The SMILES string of the molecule is CC(=O)N[C@H]1CCN(C(=O)c2ccnn2C(C)C)CC[C@@H]1O. The van der Waals surface area contributed by atoms with Crippen molar-refractivity contribution in [3.05, 3.63) is 18.0 Å². The van der Waals surface area contributed by atoms with Crippen LogP contribution in [0.15, 0.2) is 12.3 Å². The lowest BCUT2D eigenvalue weighted by atomic mass is 10.1. The van der Waals surface area contributed by atoms with Crippen molar-refractivity contribution in [2.24, 2.45) is 0 Å². The summed E-state index contributed by atoms with van der Waals surface area (Å²) >= 11 is 0. The minimum Gasteiger partial charge on any atom is -0.391 e. The highest BCUT2D eigenvalue weighted by molar-refractivity contribution is 5.92. The summed E-state index contributed by atoms with van der Waals surface area (Å²) in [5, 5.41) is 17.0. The number of aromatic nitrogens is 2. The lowest BCUT2D eigenvalue weighted by molar-refractivity contribution is -0.120. The molecule has 7 heteroatoms. The summed E-state index contributed by atoms with van der Waals surface area (Å²) in [5.41, 5.74) is 0.558. The van der Waals surface area contributed by atoms with Gasteiger partial charge < -0.3 is 15.3 Å². The predicted octanol–water partition coefficient (Wildman–Crippen LogP) is 0.566. The van der Waals surface area contributed by atoms with E-state index in [1.807, 2.05) is 13.8 Å². The van der Waals surface area contributed by atoms with Gasteiger partial charge in [-0.05, 0) is 32.8 Å². The molecule has 1 aliphatic heterocycles. The number of likely N-dealkylation sites (tertiary alicyclic amines) is 1. The molecule has 1 fully saturated rings. The first-order valence-electron chi connectivity index (χ1n) is 7.68. The molecule has 2 heterocycles. The Morgan fingerprint density at radius 1 is 1.36 bits per heavy atom. The number of nitrogens with zero attached hydrogens (tertiary/aromatic N) is 3. The first-order chi connectivity index (χ1) is 10.4. The minimum atomic E-state index is -0.628. The number of aliphatic hydroxyl groups excluding tert-OH is 1. The second-order valence-corrected chi connectivity index (χ2v) is 6.00. The molecular formula is C15H24N4O3. The maximum absolute atomic E-state index is 12.7. The zero-order valence-corrected chi connectivity index (χ0v) is 13.3. The Bertz CT molecular complexity index is 541. The van der Waals surface area contributed by atoms with E-state index in [9.17, 15) is 14.7 Å². The van der Waals surface area contributed by atoms with Gasteiger partial charge in [0, 0.05) is 32.3 Å². The van der Waals surface area contributed by atoms with Crippen LogP contribution in [0, 0.1) is 0 Å². The van der Waals surface area contributed by atoms with Crippen LogP contribution in [-0.4, -0.2) is 56.8 Å². The van der Waals surface area contributed by atoms with Crippen LogP contribution in [0.2, 0.25) is 0 Å². The Balaban J connectivity index is 2.08. The summed E-state index contributed by atoms with van der Waals surface area (Å²) in [6, 6.07) is 1.53. The van der Waals surface area contributed by atoms with E-state index in [1.165, 1.54) is 6.92 Å². The first kappa shape index (κ1) is 16.5. The van der Waals surface area contributed by atoms with Crippen LogP contribution in [0.3, 0.4) is 0 Å². The van der Waals surface area contributed by atoms with E-state index in [4.69, 9.17) is 0 Å². The van der Waals surface area contributed by atoms with Crippen LogP contribution >= 0.6 is 0 Å². The number of rotatable bonds is 3. The number of hydrogen-bond acceptors (Lipinski definition) is 4. The Morgan fingerprint density at radius 3 is 2.68 bits per heavy atom. The molecule has 0 bridgehead atoms. The fourth-order valence-corrected chi connectivity index (χ4v) is 2.78. The van der Waals surface area contributed by atoms with Gasteiger partial charge in [0.25, 0.3) is 5.91 Å². The summed E-state index contributed by atoms with van der Waals surface area (Å²) < 4.78 is 1.70. The molecule has 0 aliphatic carbocycles. The molecule has 122 valence electrons. The number of aliphatic hydroxyl groups is 1. The van der Waals surface area contributed by atoms with Gasteiger partial charge in [0.05, 0.1) is 12.1 Å². The number of nitrogens with one attached hydrogen (secondary N) is 1. The van der Waals surface area contributed by atoms with Gasteiger partial charge in [-0.25, -0.2) is 0 Å². The topological polar surface area (TPSA) is 87.5 Å². The fourth-order valence-electron chi connectivity index (χ4n) is 2.78. The van der Waals surface area contributed by atoms with Crippen LogP contribution in [-0.2, 0) is 4.79 Å². The van der Waals surface area contributed by atoms with Gasteiger partial charge in [-0.3, -0.25) is 14.3 Å². The van der Waals surface area contributed by atoms with Crippen molar-refractivity contribution < 1.29 is 14.7 Å². The largest absolute Gasteiger partial charge is 0.391 e. The Kier molecular flexibility index (Phi) is 5.18. The van der Waals surface area contributed by atoms with Gasteiger partial charge in [-0.1, -0.05) is 0 Å². The molecule has 22 heavy (non-hydrogen) atoms. The first-order valence-corrected chi connectivity index (χ1v) is 7.68. The lowest BCUT2D eigenvalue weighted by Crippen LogP contribution is -2.42. The quantitative estimate of drug-likeness (QED) is 0.854. The van der Waals surface area contributed by atoms with E-state index in [0.717, 1.165) is 0 Å². The zero-order valence-electron chi connectivity index (χ0n) is 13.3. The highest BCUT2D eigenvalue weighted by Crippen LogP contribution is 2.16. The predicted molar refractivity (Wildman–Crippen MR) is 81.4 cm³/mol. The summed E-state index contributed by atoms with van der Waals surface area (Å²) in [7, 11) is 0. The third kappa shape index (κ3) is 3.65. The maximum Gasteiger partial charge on any atom is 0.272 e. The van der Waals surface area contributed by atoms with Crippen molar-refractivity contribution in [1.82, 2.24) is 20.0 Å². The highest BCUT2D eigenvalue weighted by Gasteiger charge is 2.29. The zero-order chi connectivity index (χ0) is 16.3. The molecule has 0 radical (unpaired) electrons. The van der Waals surface area contributed by atoms with Gasteiger partial charge in [-0.15, -0.1) is 0 Å². The van der Waals surface area contributed by atoms with E-state index in [1.54, 1.807) is 21.8 Å². The molecule has 0 spiro atoms. The van der Waals surface area contributed by atoms with Crippen molar-refractivity contribution in [3.8, 4) is 0 Å². The van der Waals surface area contributed by atoms with E-state index in [0.29, 0.717) is 31.6 Å². The molecule has 1 aliphatic rings. The third-order valence-corrected chi connectivity index (χ3v) is 3.92. The van der Waals surface area contributed by atoms with Gasteiger partial charge in [0.1, 0.15) is 5.69 Å². The third-order valence-electron chi connectivity index (χ3n) is 3.92. The minimum absolute atomic E-state index is 0.0816. The monoisotopic (exact) mass is 308 g/mol. The van der Waals surface area contributed by atoms with Crippen LogP contribution in [0.25, 0.3) is 0 Å². The van der Waals surface area contributed by atoms with E-state index in [2.05, 4.69) is 10.4 Å². The van der Waals surface area contributed by atoms with Crippen LogP contribution in [0.5, 0.6) is 0 Å². The van der Waals surface area contributed by atoms with Crippen LogP contribution < -0.4 is 5.32 Å². The van der Waals surface area contributed by atoms with Crippen LogP contribution in [0.1, 0.15) is 50.1 Å². The molecule has 0 unspecified atom stereocenters. The van der Waals surface area contributed by atoms with E-state index in [-0.39, 0.29) is 23.9 Å². The molecule has 1 aromatic rings. The van der Waals surface area contributed by atoms with Gasteiger partial charge in [-0.2, -0.15) is 5.10 Å². The molecule has 1 saturated heterocycles. The molecule has 2 rings (SSSR count). The summed E-state index contributed by atoms with van der Waals surface area (Å²) in [4.78, 5) is 25.6. The van der Waals surface area contributed by atoms with Crippen molar-refractivity contribution in [2.75, 3.05) is 13.1 Å². The number of carbonyl (C=O) groups is 2. The summed E-state index contributed by atoms with van der Waals surface area (Å²) in [6.45, 7) is 6.36. The smallest absolute Gasteiger partial charge is 0.272 e. The van der Waals surface area contributed by atoms with Crippen molar-refractivity contribution in [2.45, 2.75) is 51.8 Å². The van der Waals surface area contributed by atoms with Gasteiger partial charge >= 0.3 is 0 Å². The second-order valence-electron chi connectivity index (χ2n) is 6.00. The second kappa shape index (κ2) is 6.91. The molecule has 0 saturated carbocycles. The molecule has 2 N–H and O–H groups in total. The Hall–Kier alpha value is -1.89. The normalized spacial score (nSPS) is 22.5. The van der Waals surface area contributed by atoms with Crippen molar-refractivity contribution in [1.29, 1.82) is 0 Å². The maximum atomic E-state index is 12.7. The molecule has 0 aromatic carbocycles. The average Bonchev–Trinajstić information content (AvgIpc) is 2.87. The lowest BCUT2D eigenvalue weighted by Gasteiger charge is -2.22. The van der Waals surface area contributed by atoms with E-state index >= 15 is 0 Å². The highest BCUT2D eigenvalue weighted by atomic mass is 16.3. The van der Waals surface area contributed by atoms with Crippen molar-refractivity contribution >= 4 is 11.8 Å². The molecule has 7 nitrogen and oxygen atoms in total. The molecule has 2 atom stereocenters. The molecule has 2 amide bonds. The van der Waals surface area contributed by atoms with Gasteiger partial charge in [0.2, 0.25) is 5.91 Å². The number of carbonyl (C=O) groups excluding carboxylic acids is 2. The number of hydrogen-bond donors (Lipinski definition) is 2. The van der Waals surface area contributed by atoms with E-state index < -0.39 is 6.10 Å². The van der Waals surface area contributed by atoms with Gasteiger partial charge in [0.15, 0.2) is 0 Å². The summed E-state index contributed by atoms with van der Waals surface area (Å²) in [5.74, 6) is -0.247. The number of amides is 2. The standard InChI is InChI=1S/C15H24N4O3/c1-10(2)19-13(4-7-16-19)15(22)18-8-5-12(17-11(3)20)14(21)6-9-18/h4,7,10,12,14,21H,5-6,8-9H2,1-3H3,(H,17,20)/t12-,14-/m0/s1. The summed E-state index contributed by atoms with van der Waals surface area (Å²) in [6.07, 6.45) is 1.99. The average molecular weight is 308 g/mol. The van der Waals surface area contributed by atoms with Crippen molar-refractivity contribution in [3.63, 3.8) is 0 Å². The Labute approximate surface area is 130 Å².